The maximum absolute atomic E-state index is 12.2. The Kier molecular flexibility index (Phi) is 6.15. The molecule has 0 fully saturated rings. The second kappa shape index (κ2) is 8.12. The molecule has 0 saturated heterocycles. The molecule has 20 heavy (non-hydrogen) atoms. The number of amides is 1. The number of thiophene rings is 1. The SMILES string of the molecule is CCCCNC(=O)c1ccccc1SCc1cccs1. The van der Waals surface area contributed by atoms with Crippen molar-refractivity contribution >= 4 is 29.0 Å². The Morgan fingerprint density at radius 1 is 1.25 bits per heavy atom. The molecule has 2 rings (SSSR count). The highest BCUT2D eigenvalue weighted by atomic mass is 32.2. The van der Waals surface area contributed by atoms with Crippen molar-refractivity contribution in [3.8, 4) is 0 Å². The van der Waals surface area contributed by atoms with Gasteiger partial charge in [0.05, 0.1) is 5.56 Å². The fourth-order valence-corrected chi connectivity index (χ4v) is 3.62. The third kappa shape index (κ3) is 4.39. The van der Waals surface area contributed by atoms with E-state index in [0.29, 0.717) is 0 Å². The molecule has 0 radical (unpaired) electrons. The van der Waals surface area contributed by atoms with Crippen molar-refractivity contribution in [3.63, 3.8) is 0 Å². The molecule has 0 bridgehead atoms. The van der Waals surface area contributed by atoms with Crippen molar-refractivity contribution < 1.29 is 4.79 Å². The molecule has 0 unspecified atom stereocenters. The lowest BCUT2D eigenvalue weighted by atomic mass is 10.2. The van der Waals surface area contributed by atoms with Crippen molar-refractivity contribution in [2.45, 2.75) is 30.4 Å². The first kappa shape index (κ1) is 15.1. The van der Waals surface area contributed by atoms with Crippen molar-refractivity contribution in [1.29, 1.82) is 0 Å². The number of nitrogens with one attached hydrogen (secondary N) is 1. The first-order chi connectivity index (χ1) is 9.81. The van der Waals surface area contributed by atoms with E-state index in [0.717, 1.165) is 35.6 Å². The van der Waals surface area contributed by atoms with Crippen LogP contribution in [0.5, 0.6) is 0 Å². The zero-order valence-electron chi connectivity index (χ0n) is 11.6. The Hall–Kier alpha value is -1.26. The minimum absolute atomic E-state index is 0.0349. The fourth-order valence-electron chi connectivity index (χ4n) is 1.80. The van der Waals surface area contributed by atoms with E-state index in [-0.39, 0.29) is 5.91 Å². The summed E-state index contributed by atoms with van der Waals surface area (Å²) in [6.07, 6.45) is 2.12. The van der Waals surface area contributed by atoms with E-state index in [4.69, 9.17) is 0 Å². The lowest BCUT2D eigenvalue weighted by Crippen LogP contribution is -2.24. The fraction of sp³-hybridized carbons (Fsp3) is 0.312. The third-order valence-electron chi connectivity index (χ3n) is 2.90. The predicted molar refractivity (Wildman–Crippen MR) is 87.6 cm³/mol. The Morgan fingerprint density at radius 3 is 2.85 bits per heavy atom. The molecule has 106 valence electrons. The van der Waals surface area contributed by atoms with Crippen LogP contribution in [-0.4, -0.2) is 12.5 Å². The Morgan fingerprint density at radius 2 is 2.10 bits per heavy atom. The normalized spacial score (nSPS) is 10.4. The van der Waals surface area contributed by atoms with Gasteiger partial charge in [0.15, 0.2) is 0 Å². The van der Waals surface area contributed by atoms with E-state index >= 15 is 0 Å². The predicted octanol–water partition coefficient (Wildman–Crippen LogP) is 4.57. The van der Waals surface area contributed by atoms with Crippen LogP contribution in [0.4, 0.5) is 0 Å². The molecule has 4 heteroatoms. The van der Waals surface area contributed by atoms with Crippen LogP contribution in [-0.2, 0) is 5.75 Å². The summed E-state index contributed by atoms with van der Waals surface area (Å²) in [4.78, 5) is 14.6. The van der Waals surface area contributed by atoms with E-state index in [1.807, 2.05) is 24.3 Å². The van der Waals surface area contributed by atoms with Gasteiger partial charge in [0, 0.05) is 22.1 Å². The molecule has 1 heterocycles. The summed E-state index contributed by atoms with van der Waals surface area (Å²) in [6.45, 7) is 2.87. The van der Waals surface area contributed by atoms with E-state index in [1.165, 1.54) is 4.88 Å². The molecule has 0 atom stereocenters. The number of rotatable bonds is 7. The van der Waals surface area contributed by atoms with Crippen molar-refractivity contribution in [2.24, 2.45) is 0 Å². The largest absolute Gasteiger partial charge is 0.352 e. The molecule has 1 aromatic carbocycles. The zero-order valence-corrected chi connectivity index (χ0v) is 13.2. The Bertz CT molecular complexity index is 537. The van der Waals surface area contributed by atoms with Gasteiger partial charge in [0.1, 0.15) is 0 Å². The van der Waals surface area contributed by atoms with Crippen LogP contribution < -0.4 is 5.32 Å². The minimum atomic E-state index is 0.0349. The van der Waals surface area contributed by atoms with Crippen LogP contribution in [0.2, 0.25) is 0 Å². The molecule has 2 nitrogen and oxygen atoms in total. The van der Waals surface area contributed by atoms with Gasteiger partial charge in [-0.3, -0.25) is 4.79 Å². The van der Waals surface area contributed by atoms with Crippen LogP contribution >= 0.6 is 23.1 Å². The van der Waals surface area contributed by atoms with Gasteiger partial charge >= 0.3 is 0 Å². The van der Waals surface area contributed by atoms with E-state index in [9.17, 15) is 4.79 Å². The van der Waals surface area contributed by atoms with Gasteiger partial charge in [-0.1, -0.05) is 31.5 Å². The lowest BCUT2D eigenvalue weighted by molar-refractivity contribution is 0.0950. The second-order valence-electron chi connectivity index (χ2n) is 4.47. The highest BCUT2D eigenvalue weighted by Gasteiger charge is 2.10. The molecule has 0 aliphatic carbocycles. The number of thioether (sulfide) groups is 1. The van der Waals surface area contributed by atoms with Crippen LogP contribution in [0.15, 0.2) is 46.7 Å². The number of hydrogen-bond acceptors (Lipinski definition) is 3. The van der Waals surface area contributed by atoms with Gasteiger partial charge in [-0.2, -0.15) is 0 Å². The van der Waals surface area contributed by atoms with Crippen molar-refractivity contribution in [2.75, 3.05) is 6.54 Å². The van der Waals surface area contributed by atoms with Gasteiger partial charge in [0.2, 0.25) is 0 Å². The number of hydrogen-bond donors (Lipinski definition) is 1. The summed E-state index contributed by atoms with van der Waals surface area (Å²) in [5.41, 5.74) is 0.783. The third-order valence-corrected chi connectivity index (χ3v) is 5.08. The molecular formula is C16H19NOS2. The number of carbonyl (C=O) groups excluding carboxylic acids is 1. The maximum atomic E-state index is 12.2. The Labute approximate surface area is 128 Å². The molecule has 2 aromatic rings. The summed E-state index contributed by atoms with van der Waals surface area (Å²) in [6, 6.07) is 12.0. The maximum Gasteiger partial charge on any atom is 0.252 e. The monoisotopic (exact) mass is 305 g/mol. The molecule has 1 aromatic heterocycles. The average Bonchev–Trinajstić information content (AvgIpc) is 2.99. The van der Waals surface area contributed by atoms with E-state index in [2.05, 4.69) is 29.8 Å². The number of carbonyl (C=O) groups is 1. The second-order valence-corrected chi connectivity index (χ2v) is 6.52. The summed E-state index contributed by atoms with van der Waals surface area (Å²) in [5.74, 6) is 0.949. The molecule has 1 N–H and O–H groups in total. The van der Waals surface area contributed by atoms with Gasteiger partial charge in [-0.25, -0.2) is 0 Å². The lowest BCUT2D eigenvalue weighted by Gasteiger charge is -2.09. The summed E-state index contributed by atoms with van der Waals surface area (Å²) in [5, 5.41) is 5.07. The summed E-state index contributed by atoms with van der Waals surface area (Å²) in [7, 11) is 0. The van der Waals surface area contributed by atoms with Crippen molar-refractivity contribution in [3.05, 3.63) is 52.2 Å². The van der Waals surface area contributed by atoms with Crippen LogP contribution in [0, 0.1) is 0 Å². The Balaban J connectivity index is 1.99. The topological polar surface area (TPSA) is 29.1 Å². The number of benzene rings is 1. The molecule has 1 amide bonds. The summed E-state index contributed by atoms with van der Waals surface area (Å²) < 4.78 is 0. The molecule has 0 aliphatic rings. The van der Waals surface area contributed by atoms with E-state index < -0.39 is 0 Å². The first-order valence-corrected chi connectivity index (χ1v) is 8.70. The molecule has 0 spiro atoms. The zero-order chi connectivity index (χ0) is 14.2. The summed E-state index contributed by atoms with van der Waals surface area (Å²) >= 11 is 3.47. The number of unbranched alkanes of at least 4 members (excludes halogenated alkanes) is 1. The van der Waals surface area contributed by atoms with Crippen LogP contribution in [0.1, 0.15) is 35.0 Å². The van der Waals surface area contributed by atoms with Gasteiger partial charge in [-0.05, 0) is 30.0 Å². The smallest absolute Gasteiger partial charge is 0.252 e. The minimum Gasteiger partial charge on any atom is -0.352 e. The highest BCUT2D eigenvalue weighted by Crippen LogP contribution is 2.27. The average molecular weight is 305 g/mol. The molecule has 0 saturated carbocycles. The highest BCUT2D eigenvalue weighted by molar-refractivity contribution is 7.98. The van der Waals surface area contributed by atoms with Gasteiger partial charge in [0.25, 0.3) is 5.91 Å². The standard InChI is InChI=1S/C16H19NOS2/c1-2-3-10-17-16(18)14-8-4-5-9-15(14)20-12-13-7-6-11-19-13/h4-9,11H,2-3,10,12H2,1H3,(H,17,18). The molecular weight excluding hydrogens is 286 g/mol. The van der Waals surface area contributed by atoms with E-state index in [1.54, 1.807) is 23.1 Å². The molecule has 0 aliphatic heterocycles. The first-order valence-electron chi connectivity index (χ1n) is 6.83. The van der Waals surface area contributed by atoms with Crippen molar-refractivity contribution in [1.82, 2.24) is 5.32 Å². The van der Waals surface area contributed by atoms with Gasteiger partial charge in [-0.15, -0.1) is 23.1 Å². The quantitative estimate of drug-likeness (QED) is 0.599. The van der Waals surface area contributed by atoms with Gasteiger partial charge < -0.3 is 5.32 Å². The van der Waals surface area contributed by atoms with Crippen LogP contribution in [0.25, 0.3) is 0 Å². The van der Waals surface area contributed by atoms with Crippen LogP contribution in [0.3, 0.4) is 0 Å².